The van der Waals surface area contributed by atoms with Gasteiger partial charge in [0, 0.05) is 0 Å². The van der Waals surface area contributed by atoms with Crippen LogP contribution in [-0.2, 0) is 19.6 Å². The number of rotatable bonds is 6. The molecule has 0 saturated heterocycles. The molecule has 1 aromatic carbocycles. The number of esters is 1. The van der Waals surface area contributed by atoms with Crippen molar-refractivity contribution in [3.63, 3.8) is 0 Å². The molecule has 1 unspecified atom stereocenters. The van der Waals surface area contributed by atoms with Crippen LogP contribution in [-0.4, -0.2) is 58.0 Å². The van der Waals surface area contributed by atoms with Gasteiger partial charge in [0.2, 0.25) is 10.0 Å². The van der Waals surface area contributed by atoms with Crippen molar-refractivity contribution >= 4 is 44.3 Å². The van der Waals surface area contributed by atoms with Crippen LogP contribution in [0.25, 0.3) is 11.0 Å². The number of anilines is 1. The fourth-order valence-corrected chi connectivity index (χ4v) is 4.09. The molecule has 0 aliphatic rings. The Balaban J connectivity index is 2.96. The number of sulfonamides is 1. The number of carbonyl (C=O) groups excluding carboxylic acids is 1. The van der Waals surface area contributed by atoms with Gasteiger partial charge in [0.25, 0.3) is 11.8 Å². The molecular formula is C16H20ClN3O6S. The number of aromatic nitrogens is 2. The maximum atomic E-state index is 12.5. The lowest BCUT2D eigenvalue weighted by Gasteiger charge is -2.29. The Bertz CT molecular complexity index is 996. The summed E-state index contributed by atoms with van der Waals surface area (Å²) in [5.74, 6) is -0.575. The number of aryl methyl sites for hydroxylation is 1. The Hall–Kier alpha value is -2.33. The average molecular weight is 418 g/mol. The SMILES string of the molecule is COC(=O)C(C)N(c1c(Cl)c(C)cc2nc(OC)c(OC)nc12)S(C)(=O)=O. The number of benzene rings is 1. The Morgan fingerprint density at radius 2 is 1.74 bits per heavy atom. The summed E-state index contributed by atoms with van der Waals surface area (Å²) in [6, 6.07) is 0.460. The lowest BCUT2D eigenvalue weighted by molar-refractivity contribution is -0.141. The molecule has 0 saturated carbocycles. The molecule has 27 heavy (non-hydrogen) atoms. The first-order chi connectivity index (χ1) is 12.6. The maximum absolute atomic E-state index is 12.5. The maximum Gasteiger partial charge on any atom is 0.329 e. The molecule has 0 amide bonds. The van der Waals surface area contributed by atoms with E-state index in [1.54, 1.807) is 13.0 Å². The fourth-order valence-electron chi connectivity index (χ4n) is 2.63. The zero-order chi connectivity index (χ0) is 20.5. The van der Waals surface area contributed by atoms with Crippen molar-refractivity contribution in [1.82, 2.24) is 9.97 Å². The van der Waals surface area contributed by atoms with E-state index in [0.717, 1.165) is 10.6 Å². The lowest BCUT2D eigenvalue weighted by Crippen LogP contribution is -2.43. The van der Waals surface area contributed by atoms with Gasteiger partial charge in [-0.25, -0.2) is 23.2 Å². The van der Waals surface area contributed by atoms with Gasteiger partial charge < -0.3 is 14.2 Å². The molecular weight excluding hydrogens is 398 g/mol. The number of ether oxygens (including phenoxy) is 3. The minimum absolute atomic E-state index is 0.0144. The van der Waals surface area contributed by atoms with E-state index in [-0.39, 0.29) is 28.0 Å². The number of nitrogens with zero attached hydrogens (tertiary/aromatic N) is 3. The number of hydrogen-bond acceptors (Lipinski definition) is 8. The fraction of sp³-hybridized carbons (Fsp3) is 0.438. The van der Waals surface area contributed by atoms with Gasteiger partial charge in [-0.05, 0) is 25.5 Å². The first-order valence-electron chi connectivity index (χ1n) is 7.72. The summed E-state index contributed by atoms with van der Waals surface area (Å²) in [6.45, 7) is 3.08. The Kier molecular flexibility index (Phi) is 6.01. The molecule has 0 aliphatic carbocycles. The van der Waals surface area contributed by atoms with E-state index < -0.39 is 22.0 Å². The van der Waals surface area contributed by atoms with Crippen LogP contribution >= 0.6 is 11.6 Å². The zero-order valence-electron chi connectivity index (χ0n) is 15.7. The van der Waals surface area contributed by atoms with Crippen LogP contribution in [0.2, 0.25) is 5.02 Å². The third-order valence-electron chi connectivity index (χ3n) is 3.85. The van der Waals surface area contributed by atoms with Gasteiger partial charge in [-0.2, -0.15) is 0 Å². The Labute approximate surface area is 162 Å². The summed E-state index contributed by atoms with van der Waals surface area (Å²) in [6.07, 6.45) is 0.963. The standard InChI is InChI=1S/C16H20ClN3O6S/c1-8-7-10-12(19-15(25-4)14(18-10)24-3)13(11(8)17)20(27(6,22)23)9(2)16(21)26-5/h7,9H,1-6H3. The second-order valence-electron chi connectivity index (χ2n) is 5.72. The molecule has 2 aromatic rings. The van der Waals surface area contributed by atoms with Crippen LogP contribution in [0.5, 0.6) is 11.8 Å². The minimum atomic E-state index is -3.93. The van der Waals surface area contributed by atoms with E-state index in [9.17, 15) is 13.2 Å². The van der Waals surface area contributed by atoms with Crippen LogP contribution in [0.1, 0.15) is 12.5 Å². The van der Waals surface area contributed by atoms with Gasteiger partial charge >= 0.3 is 5.97 Å². The predicted molar refractivity (Wildman–Crippen MR) is 101 cm³/mol. The van der Waals surface area contributed by atoms with Gasteiger partial charge in [0.15, 0.2) is 0 Å². The molecule has 1 atom stereocenters. The van der Waals surface area contributed by atoms with Crippen LogP contribution in [0.3, 0.4) is 0 Å². The third-order valence-corrected chi connectivity index (χ3v) is 5.54. The normalized spacial score (nSPS) is 12.6. The largest absolute Gasteiger partial charge is 0.477 e. The monoisotopic (exact) mass is 417 g/mol. The van der Waals surface area contributed by atoms with Crippen molar-refractivity contribution in [2.45, 2.75) is 19.9 Å². The van der Waals surface area contributed by atoms with Gasteiger partial charge in [0.05, 0.1) is 43.8 Å². The molecule has 0 aliphatic heterocycles. The highest BCUT2D eigenvalue weighted by atomic mass is 35.5. The van der Waals surface area contributed by atoms with E-state index in [4.69, 9.17) is 25.8 Å². The summed E-state index contributed by atoms with van der Waals surface area (Å²) in [7, 11) is 0.0207. The Morgan fingerprint density at radius 1 is 1.19 bits per heavy atom. The summed E-state index contributed by atoms with van der Waals surface area (Å²) in [5, 5.41) is 0.116. The van der Waals surface area contributed by atoms with Crippen LogP contribution in [0.4, 0.5) is 5.69 Å². The summed E-state index contributed by atoms with van der Waals surface area (Å²) in [5.41, 5.74) is 1.03. The summed E-state index contributed by atoms with van der Waals surface area (Å²) >= 11 is 6.44. The molecule has 1 aromatic heterocycles. The molecule has 0 spiro atoms. The molecule has 11 heteroatoms. The Morgan fingerprint density at radius 3 is 2.22 bits per heavy atom. The molecule has 1 heterocycles. The van der Waals surface area contributed by atoms with Crippen molar-refractivity contribution < 1.29 is 27.4 Å². The van der Waals surface area contributed by atoms with Crippen molar-refractivity contribution in [3.8, 4) is 11.8 Å². The average Bonchev–Trinajstić information content (AvgIpc) is 2.62. The molecule has 0 radical (unpaired) electrons. The second-order valence-corrected chi connectivity index (χ2v) is 7.96. The number of carbonyl (C=O) groups is 1. The van der Waals surface area contributed by atoms with Gasteiger partial charge in [-0.3, -0.25) is 4.31 Å². The zero-order valence-corrected chi connectivity index (χ0v) is 17.3. The van der Waals surface area contributed by atoms with E-state index in [0.29, 0.717) is 11.1 Å². The topological polar surface area (TPSA) is 108 Å². The summed E-state index contributed by atoms with van der Waals surface area (Å²) in [4.78, 5) is 20.7. The highest BCUT2D eigenvalue weighted by Gasteiger charge is 2.34. The number of fused-ring (bicyclic) bond motifs is 1. The number of methoxy groups -OCH3 is 3. The third kappa shape index (κ3) is 3.86. The molecule has 148 valence electrons. The van der Waals surface area contributed by atoms with Crippen molar-refractivity contribution in [2.75, 3.05) is 31.9 Å². The van der Waals surface area contributed by atoms with Gasteiger partial charge in [-0.1, -0.05) is 11.6 Å². The highest BCUT2D eigenvalue weighted by molar-refractivity contribution is 7.92. The van der Waals surface area contributed by atoms with Gasteiger partial charge in [-0.15, -0.1) is 0 Å². The second kappa shape index (κ2) is 7.73. The van der Waals surface area contributed by atoms with E-state index in [1.807, 2.05) is 0 Å². The minimum Gasteiger partial charge on any atom is -0.477 e. The van der Waals surface area contributed by atoms with E-state index >= 15 is 0 Å². The first-order valence-corrected chi connectivity index (χ1v) is 9.95. The van der Waals surface area contributed by atoms with E-state index in [1.165, 1.54) is 28.3 Å². The summed E-state index contributed by atoms with van der Waals surface area (Å²) < 4.78 is 41.0. The molecule has 0 fully saturated rings. The number of halogens is 1. The van der Waals surface area contributed by atoms with Crippen LogP contribution < -0.4 is 13.8 Å². The highest BCUT2D eigenvalue weighted by Crippen LogP contribution is 2.40. The van der Waals surface area contributed by atoms with Gasteiger partial charge in [0.1, 0.15) is 11.6 Å². The number of hydrogen-bond donors (Lipinski definition) is 0. The predicted octanol–water partition coefficient (Wildman–Crippen LogP) is 1.94. The molecule has 2 rings (SSSR count). The lowest BCUT2D eigenvalue weighted by atomic mass is 10.1. The van der Waals surface area contributed by atoms with Crippen molar-refractivity contribution in [2.24, 2.45) is 0 Å². The smallest absolute Gasteiger partial charge is 0.329 e. The first kappa shape index (κ1) is 21.0. The van der Waals surface area contributed by atoms with Crippen LogP contribution in [0.15, 0.2) is 6.07 Å². The van der Waals surface area contributed by atoms with Crippen molar-refractivity contribution in [1.29, 1.82) is 0 Å². The van der Waals surface area contributed by atoms with Crippen molar-refractivity contribution in [3.05, 3.63) is 16.7 Å². The molecule has 0 N–H and O–H groups in total. The quantitative estimate of drug-likeness (QED) is 0.656. The molecule has 9 nitrogen and oxygen atoms in total. The van der Waals surface area contributed by atoms with E-state index in [2.05, 4.69) is 9.97 Å². The van der Waals surface area contributed by atoms with Crippen LogP contribution in [0, 0.1) is 6.92 Å². The molecule has 0 bridgehead atoms.